The number of pyridine rings is 1. The molecule has 2 aromatic carbocycles. The van der Waals surface area contributed by atoms with Gasteiger partial charge in [0.15, 0.2) is 17.4 Å². The third-order valence-electron chi connectivity index (χ3n) is 6.08. The molecule has 1 aliphatic rings. The highest BCUT2D eigenvalue weighted by Crippen LogP contribution is 2.39. The number of benzene rings is 2. The summed E-state index contributed by atoms with van der Waals surface area (Å²) in [5.41, 5.74) is -2.16. The lowest BCUT2D eigenvalue weighted by molar-refractivity contribution is -0.0104. The van der Waals surface area contributed by atoms with Crippen LogP contribution < -0.4 is 10.2 Å². The molecule has 0 bridgehead atoms. The van der Waals surface area contributed by atoms with Crippen LogP contribution in [0.3, 0.4) is 0 Å². The molecule has 1 saturated heterocycles. The van der Waals surface area contributed by atoms with Crippen molar-refractivity contribution < 1.29 is 22.7 Å². The zero-order valence-corrected chi connectivity index (χ0v) is 20.0. The summed E-state index contributed by atoms with van der Waals surface area (Å²) in [5.74, 6) is -4.90. The van der Waals surface area contributed by atoms with Crippen molar-refractivity contribution in [3.05, 3.63) is 65.7 Å². The number of rotatable bonds is 5. The lowest BCUT2D eigenvalue weighted by atomic mass is 9.99. The van der Waals surface area contributed by atoms with Gasteiger partial charge in [0.25, 0.3) is 0 Å². The van der Waals surface area contributed by atoms with E-state index in [-0.39, 0.29) is 22.6 Å². The Hall–Kier alpha value is -3.90. The number of nitrogens with one attached hydrogen (secondary N) is 1. The SMILES string of the molecule is CC(C)(O)n1nnnc1-c1nc(-c2ccc(F)cc2F)c(F)c(F)c1-c1cccc(N2CCNCC2)c1. The Morgan fingerprint density at radius 1 is 0.946 bits per heavy atom. The normalized spacial score (nSPS) is 14.3. The molecule has 0 spiro atoms. The zero-order chi connectivity index (χ0) is 26.3. The topological polar surface area (TPSA) is 92.0 Å². The second-order valence-corrected chi connectivity index (χ2v) is 9.13. The Morgan fingerprint density at radius 3 is 2.41 bits per heavy atom. The molecule has 0 atom stereocenters. The molecule has 2 aromatic heterocycles. The van der Waals surface area contributed by atoms with Crippen molar-refractivity contribution in [3.63, 3.8) is 0 Å². The summed E-state index contributed by atoms with van der Waals surface area (Å²) in [7, 11) is 0. The highest BCUT2D eigenvalue weighted by atomic mass is 19.2. The van der Waals surface area contributed by atoms with E-state index in [1.807, 2.05) is 6.07 Å². The number of tetrazole rings is 1. The average molecular weight is 513 g/mol. The van der Waals surface area contributed by atoms with Crippen LogP contribution in [0.2, 0.25) is 0 Å². The summed E-state index contributed by atoms with van der Waals surface area (Å²) < 4.78 is 60.5. The van der Waals surface area contributed by atoms with Gasteiger partial charge in [-0.25, -0.2) is 22.5 Å². The number of aromatic nitrogens is 5. The number of nitrogens with zero attached hydrogens (tertiary/aromatic N) is 6. The third-order valence-corrected chi connectivity index (χ3v) is 6.08. The van der Waals surface area contributed by atoms with Crippen molar-refractivity contribution in [1.29, 1.82) is 0 Å². The molecule has 0 unspecified atom stereocenters. The van der Waals surface area contributed by atoms with Crippen LogP contribution >= 0.6 is 0 Å². The molecular weight excluding hydrogens is 490 g/mol. The van der Waals surface area contributed by atoms with Gasteiger partial charge in [-0.15, -0.1) is 5.10 Å². The minimum Gasteiger partial charge on any atom is -0.369 e. The van der Waals surface area contributed by atoms with E-state index >= 15 is 8.78 Å². The zero-order valence-electron chi connectivity index (χ0n) is 20.0. The van der Waals surface area contributed by atoms with Gasteiger partial charge in [0.1, 0.15) is 23.0 Å². The van der Waals surface area contributed by atoms with E-state index in [1.54, 1.807) is 18.2 Å². The van der Waals surface area contributed by atoms with Gasteiger partial charge in [-0.3, -0.25) is 0 Å². The van der Waals surface area contributed by atoms with Gasteiger partial charge in [-0.1, -0.05) is 12.1 Å². The van der Waals surface area contributed by atoms with Gasteiger partial charge in [-0.05, 0) is 54.1 Å². The fourth-order valence-corrected chi connectivity index (χ4v) is 4.30. The molecule has 8 nitrogen and oxygen atoms in total. The van der Waals surface area contributed by atoms with Crippen molar-refractivity contribution in [2.45, 2.75) is 19.6 Å². The van der Waals surface area contributed by atoms with E-state index in [4.69, 9.17) is 0 Å². The first-order valence-electron chi connectivity index (χ1n) is 11.6. The molecule has 0 amide bonds. The van der Waals surface area contributed by atoms with E-state index in [9.17, 15) is 13.9 Å². The maximum Gasteiger partial charge on any atom is 0.204 e. The van der Waals surface area contributed by atoms with Crippen molar-refractivity contribution in [3.8, 4) is 33.9 Å². The second-order valence-electron chi connectivity index (χ2n) is 9.13. The first-order chi connectivity index (χ1) is 17.6. The quantitative estimate of drug-likeness (QED) is 0.393. The maximum absolute atomic E-state index is 15.9. The van der Waals surface area contributed by atoms with E-state index in [0.717, 1.165) is 48.7 Å². The Labute approximate surface area is 209 Å². The summed E-state index contributed by atoms with van der Waals surface area (Å²) in [6.45, 7) is 5.81. The van der Waals surface area contributed by atoms with Gasteiger partial charge in [0.05, 0.1) is 5.56 Å². The van der Waals surface area contributed by atoms with Crippen molar-refractivity contribution >= 4 is 5.69 Å². The molecule has 1 fully saturated rings. The second kappa shape index (κ2) is 9.52. The Morgan fingerprint density at radius 2 is 1.70 bits per heavy atom. The molecule has 3 heterocycles. The van der Waals surface area contributed by atoms with Crippen LogP contribution in [0.15, 0.2) is 42.5 Å². The number of halogens is 4. The van der Waals surface area contributed by atoms with Crippen LogP contribution in [-0.4, -0.2) is 56.5 Å². The number of anilines is 1. The average Bonchev–Trinajstić information content (AvgIpc) is 3.37. The molecule has 37 heavy (non-hydrogen) atoms. The molecule has 0 saturated carbocycles. The van der Waals surface area contributed by atoms with Crippen LogP contribution in [-0.2, 0) is 5.72 Å². The summed E-state index contributed by atoms with van der Waals surface area (Å²) in [6, 6.07) is 9.31. The minimum absolute atomic E-state index is 0.169. The lowest BCUT2D eigenvalue weighted by Gasteiger charge is -2.29. The fraction of sp³-hybridized carbons (Fsp3) is 0.280. The molecule has 0 radical (unpaired) electrons. The molecule has 192 valence electrons. The van der Waals surface area contributed by atoms with Crippen molar-refractivity contribution in [2.75, 3.05) is 31.1 Å². The summed E-state index contributed by atoms with van der Waals surface area (Å²) in [5, 5.41) is 25.1. The smallest absolute Gasteiger partial charge is 0.204 e. The molecule has 12 heteroatoms. The largest absolute Gasteiger partial charge is 0.369 e. The highest BCUT2D eigenvalue weighted by molar-refractivity contribution is 5.83. The van der Waals surface area contributed by atoms with Crippen LogP contribution in [0.5, 0.6) is 0 Å². The fourth-order valence-electron chi connectivity index (χ4n) is 4.30. The van der Waals surface area contributed by atoms with Crippen LogP contribution in [0.1, 0.15) is 13.8 Å². The molecule has 1 aliphatic heterocycles. The minimum atomic E-state index is -1.63. The van der Waals surface area contributed by atoms with Gasteiger partial charge < -0.3 is 15.3 Å². The molecule has 4 aromatic rings. The number of piperazine rings is 1. The molecule has 0 aliphatic carbocycles. The first kappa shape index (κ1) is 24.8. The standard InChI is InChI=1S/C25H23F4N7O/c1-25(2,37)36-24(32-33-34-36)23-19(14-4-3-5-16(12-14)35-10-8-30-9-11-35)20(28)21(29)22(31-23)17-7-6-15(26)13-18(17)27/h3-7,12-13,30,37H,8-11H2,1-2H3. The summed E-state index contributed by atoms with van der Waals surface area (Å²) in [4.78, 5) is 6.36. The van der Waals surface area contributed by atoms with Crippen LogP contribution in [0, 0.1) is 23.3 Å². The van der Waals surface area contributed by atoms with Gasteiger partial charge in [-0.2, -0.15) is 4.68 Å². The number of hydrogen-bond acceptors (Lipinski definition) is 7. The monoisotopic (exact) mass is 513 g/mol. The predicted octanol–water partition coefficient (Wildman–Crippen LogP) is 3.72. The maximum atomic E-state index is 15.9. The van der Waals surface area contributed by atoms with E-state index < -0.39 is 40.3 Å². The van der Waals surface area contributed by atoms with E-state index in [1.165, 1.54) is 13.8 Å². The van der Waals surface area contributed by atoms with Gasteiger partial charge >= 0.3 is 0 Å². The van der Waals surface area contributed by atoms with Crippen LogP contribution in [0.4, 0.5) is 23.2 Å². The predicted molar refractivity (Wildman–Crippen MR) is 128 cm³/mol. The van der Waals surface area contributed by atoms with Crippen molar-refractivity contribution in [2.24, 2.45) is 0 Å². The number of hydrogen-bond donors (Lipinski definition) is 2. The lowest BCUT2D eigenvalue weighted by Crippen LogP contribution is -2.43. The van der Waals surface area contributed by atoms with E-state index in [0.29, 0.717) is 6.07 Å². The Kier molecular flexibility index (Phi) is 6.38. The molecular formula is C25H23F4N7O. The van der Waals surface area contributed by atoms with Gasteiger partial charge in [0.2, 0.25) is 5.82 Å². The summed E-state index contributed by atoms with van der Waals surface area (Å²) in [6.07, 6.45) is 0. The molecule has 5 rings (SSSR count). The first-order valence-corrected chi connectivity index (χ1v) is 11.6. The highest BCUT2D eigenvalue weighted by Gasteiger charge is 2.31. The summed E-state index contributed by atoms with van der Waals surface area (Å²) >= 11 is 0. The number of aliphatic hydroxyl groups is 1. The van der Waals surface area contributed by atoms with E-state index in [2.05, 4.69) is 30.7 Å². The van der Waals surface area contributed by atoms with Crippen LogP contribution in [0.25, 0.3) is 33.9 Å². The molecule has 2 N–H and O–H groups in total. The Balaban J connectivity index is 1.77. The van der Waals surface area contributed by atoms with Crippen molar-refractivity contribution in [1.82, 2.24) is 30.5 Å². The van der Waals surface area contributed by atoms with Gasteiger partial charge in [0, 0.05) is 43.5 Å². The third kappa shape index (κ3) is 4.65. The Bertz CT molecular complexity index is 1460.